The predicted octanol–water partition coefficient (Wildman–Crippen LogP) is 0.569. The van der Waals surface area contributed by atoms with Gasteiger partial charge in [-0.2, -0.15) is 10.2 Å². The first kappa shape index (κ1) is 10.0. The molecule has 6 nitrogen and oxygen atoms in total. The standard InChI is InChI=1S/C10H9N5O/c16-10(9-11-7-13-14-9)15-12-6-8-4-2-1-3-5-8/h1-7H,(H,15,16)(H,11,13,14)/b12-6+. The van der Waals surface area contributed by atoms with Gasteiger partial charge in [-0.1, -0.05) is 30.3 Å². The van der Waals surface area contributed by atoms with Crippen LogP contribution < -0.4 is 5.43 Å². The molecule has 0 unspecified atom stereocenters. The van der Waals surface area contributed by atoms with Crippen molar-refractivity contribution in [3.63, 3.8) is 0 Å². The molecule has 2 N–H and O–H groups in total. The Morgan fingerprint density at radius 1 is 1.38 bits per heavy atom. The maximum Gasteiger partial charge on any atom is 0.308 e. The molecule has 0 fully saturated rings. The summed E-state index contributed by atoms with van der Waals surface area (Å²) in [6, 6.07) is 9.44. The van der Waals surface area contributed by atoms with E-state index in [4.69, 9.17) is 0 Å². The van der Waals surface area contributed by atoms with Crippen LogP contribution in [0.1, 0.15) is 16.2 Å². The van der Waals surface area contributed by atoms with Crippen LogP contribution in [0.5, 0.6) is 0 Å². The summed E-state index contributed by atoms with van der Waals surface area (Å²) in [5.74, 6) is -0.296. The maximum absolute atomic E-state index is 11.3. The van der Waals surface area contributed by atoms with Gasteiger partial charge in [0.05, 0.1) is 6.21 Å². The Bertz CT molecular complexity index is 477. The van der Waals surface area contributed by atoms with Crippen LogP contribution >= 0.6 is 0 Å². The monoisotopic (exact) mass is 215 g/mol. The van der Waals surface area contributed by atoms with E-state index in [1.54, 1.807) is 6.21 Å². The highest BCUT2D eigenvalue weighted by molar-refractivity contribution is 5.91. The molecule has 0 atom stereocenters. The number of benzene rings is 1. The van der Waals surface area contributed by atoms with Crippen LogP contribution in [0, 0.1) is 0 Å². The largest absolute Gasteiger partial charge is 0.308 e. The fraction of sp³-hybridized carbons (Fsp3) is 0. The topological polar surface area (TPSA) is 83.0 Å². The molecule has 0 saturated heterocycles. The van der Waals surface area contributed by atoms with Crippen molar-refractivity contribution in [1.82, 2.24) is 20.6 Å². The number of carbonyl (C=O) groups is 1. The van der Waals surface area contributed by atoms with Crippen molar-refractivity contribution < 1.29 is 4.79 Å². The van der Waals surface area contributed by atoms with Crippen molar-refractivity contribution in [3.8, 4) is 0 Å². The molecule has 0 saturated carbocycles. The first-order chi connectivity index (χ1) is 7.86. The lowest BCUT2D eigenvalue weighted by Crippen LogP contribution is -2.19. The molecule has 1 aromatic heterocycles. The van der Waals surface area contributed by atoms with E-state index in [2.05, 4.69) is 25.7 Å². The molecule has 0 aliphatic carbocycles. The van der Waals surface area contributed by atoms with E-state index in [1.165, 1.54) is 6.33 Å². The lowest BCUT2D eigenvalue weighted by molar-refractivity contribution is 0.0945. The minimum Gasteiger partial charge on any atom is -0.264 e. The molecule has 0 aliphatic rings. The minimum absolute atomic E-state index is 0.130. The molecule has 2 aromatic rings. The van der Waals surface area contributed by atoms with Gasteiger partial charge in [0.15, 0.2) is 0 Å². The van der Waals surface area contributed by atoms with Crippen LogP contribution in [0.25, 0.3) is 0 Å². The van der Waals surface area contributed by atoms with Gasteiger partial charge in [-0.15, -0.1) is 0 Å². The summed E-state index contributed by atoms with van der Waals surface area (Å²) in [4.78, 5) is 15.0. The number of hydrogen-bond acceptors (Lipinski definition) is 4. The Hall–Kier alpha value is -2.50. The van der Waals surface area contributed by atoms with Crippen molar-refractivity contribution in [2.24, 2.45) is 5.10 Å². The third kappa shape index (κ3) is 2.50. The van der Waals surface area contributed by atoms with Gasteiger partial charge in [0.25, 0.3) is 0 Å². The number of hydrazone groups is 1. The van der Waals surface area contributed by atoms with Gasteiger partial charge in [-0.3, -0.25) is 9.89 Å². The zero-order chi connectivity index (χ0) is 11.2. The molecule has 0 aliphatic heterocycles. The summed E-state index contributed by atoms with van der Waals surface area (Å²) >= 11 is 0. The molecule has 0 radical (unpaired) electrons. The Morgan fingerprint density at radius 2 is 2.19 bits per heavy atom. The summed E-state index contributed by atoms with van der Waals surface area (Å²) in [6.45, 7) is 0. The van der Waals surface area contributed by atoms with Gasteiger partial charge in [0.1, 0.15) is 6.33 Å². The summed E-state index contributed by atoms with van der Waals surface area (Å²) in [7, 11) is 0. The molecule has 0 spiro atoms. The average molecular weight is 215 g/mol. The Kier molecular flexibility index (Phi) is 3.03. The second-order valence-electron chi connectivity index (χ2n) is 2.94. The third-order valence-electron chi connectivity index (χ3n) is 1.81. The predicted molar refractivity (Wildman–Crippen MR) is 57.9 cm³/mol. The van der Waals surface area contributed by atoms with E-state index in [-0.39, 0.29) is 5.82 Å². The quantitative estimate of drug-likeness (QED) is 0.580. The zero-order valence-electron chi connectivity index (χ0n) is 8.29. The van der Waals surface area contributed by atoms with E-state index >= 15 is 0 Å². The van der Waals surface area contributed by atoms with Crippen LogP contribution in [0.3, 0.4) is 0 Å². The number of nitrogens with zero attached hydrogens (tertiary/aromatic N) is 3. The van der Waals surface area contributed by atoms with Crippen LogP contribution in [-0.2, 0) is 0 Å². The van der Waals surface area contributed by atoms with Crippen molar-refractivity contribution in [3.05, 3.63) is 48.0 Å². The van der Waals surface area contributed by atoms with Gasteiger partial charge in [0, 0.05) is 0 Å². The number of hydrogen-bond donors (Lipinski definition) is 2. The second-order valence-corrected chi connectivity index (χ2v) is 2.94. The molecule has 6 heteroatoms. The molecular formula is C10H9N5O. The van der Waals surface area contributed by atoms with Crippen LogP contribution in [-0.4, -0.2) is 27.3 Å². The molecule has 0 bridgehead atoms. The number of rotatable bonds is 3. The van der Waals surface area contributed by atoms with E-state index in [0.717, 1.165) is 5.56 Å². The number of aromatic nitrogens is 3. The van der Waals surface area contributed by atoms with Gasteiger partial charge in [-0.05, 0) is 5.56 Å². The van der Waals surface area contributed by atoms with Gasteiger partial charge < -0.3 is 0 Å². The van der Waals surface area contributed by atoms with E-state index < -0.39 is 5.91 Å². The Morgan fingerprint density at radius 3 is 2.88 bits per heavy atom. The smallest absolute Gasteiger partial charge is 0.264 e. The summed E-state index contributed by atoms with van der Waals surface area (Å²) in [6.07, 6.45) is 2.81. The van der Waals surface area contributed by atoms with E-state index in [1.807, 2.05) is 30.3 Å². The van der Waals surface area contributed by atoms with Gasteiger partial charge in [-0.25, -0.2) is 10.4 Å². The lowest BCUT2D eigenvalue weighted by atomic mass is 10.2. The maximum atomic E-state index is 11.3. The van der Waals surface area contributed by atoms with E-state index in [9.17, 15) is 4.79 Å². The van der Waals surface area contributed by atoms with Gasteiger partial charge in [0.2, 0.25) is 5.82 Å². The number of carbonyl (C=O) groups excluding carboxylic acids is 1. The number of H-pyrrole nitrogens is 1. The molecule has 80 valence electrons. The van der Waals surface area contributed by atoms with Gasteiger partial charge >= 0.3 is 5.91 Å². The average Bonchev–Trinajstić information content (AvgIpc) is 2.84. The molecule has 1 amide bonds. The summed E-state index contributed by atoms with van der Waals surface area (Å²) < 4.78 is 0. The number of amides is 1. The van der Waals surface area contributed by atoms with Crippen LogP contribution in [0.4, 0.5) is 0 Å². The van der Waals surface area contributed by atoms with Crippen LogP contribution in [0.2, 0.25) is 0 Å². The zero-order valence-corrected chi connectivity index (χ0v) is 8.29. The molecular weight excluding hydrogens is 206 g/mol. The SMILES string of the molecule is O=C(N/N=C/c1ccccc1)c1ncn[nH]1. The first-order valence-corrected chi connectivity index (χ1v) is 4.60. The Balaban J connectivity index is 1.93. The molecule has 16 heavy (non-hydrogen) atoms. The number of aromatic amines is 1. The van der Waals surface area contributed by atoms with Crippen molar-refractivity contribution >= 4 is 12.1 Å². The highest BCUT2D eigenvalue weighted by Crippen LogP contribution is 1.93. The second kappa shape index (κ2) is 4.83. The highest BCUT2D eigenvalue weighted by Gasteiger charge is 2.05. The van der Waals surface area contributed by atoms with E-state index in [0.29, 0.717) is 0 Å². The Labute approximate surface area is 91.4 Å². The highest BCUT2D eigenvalue weighted by atomic mass is 16.2. The fourth-order valence-corrected chi connectivity index (χ4v) is 1.07. The normalized spacial score (nSPS) is 10.5. The molecule has 1 aromatic carbocycles. The molecule has 2 rings (SSSR count). The number of nitrogens with one attached hydrogen (secondary N) is 2. The van der Waals surface area contributed by atoms with Crippen molar-refractivity contribution in [2.45, 2.75) is 0 Å². The van der Waals surface area contributed by atoms with Crippen molar-refractivity contribution in [2.75, 3.05) is 0 Å². The minimum atomic E-state index is -0.426. The fourth-order valence-electron chi connectivity index (χ4n) is 1.07. The molecule has 1 heterocycles. The summed E-state index contributed by atoms with van der Waals surface area (Å²) in [5.41, 5.74) is 3.23. The van der Waals surface area contributed by atoms with Crippen LogP contribution in [0.15, 0.2) is 41.8 Å². The first-order valence-electron chi connectivity index (χ1n) is 4.60. The third-order valence-corrected chi connectivity index (χ3v) is 1.81. The summed E-state index contributed by atoms with van der Waals surface area (Å²) in [5, 5.41) is 9.78. The lowest BCUT2D eigenvalue weighted by Gasteiger charge is -1.94. The van der Waals surface area contributed by atoms with Crippen molar-refractivity contribution in [1.29, 1.82) is 0 Å².